The van der Waals surface area contributed by atoms with Crippen LogP contribution in [-0.2, 0) is 6.54 Å². The zero-order chi connectivity index (χ0) is 15.6. The van der Waals surface area contributed by atoms with E-state index in [0.717, 1.165) is 5.56 Å². The number of pyridine rings is 1. The second-order valence-corrected chi connectivity index (χ2v) is 4.90. The van der Waals surface area contributed by atoms with Crippen LogP contribution in [0.25, 0.3) is 22.4 Å². The average Bonchev–Trinajstić information content (AvgIpc) is 3.20. The van der Waals surface area contributed by atoms with Crippen molar-refractivity contribution in [2.24, 2.45) is 0 Å². The first-order valence-corrected chi connectivity index (χ1v) is 6.94. The summed E-state index contributed by atoms with van der Waals surface area (Å²) in [5.41, 5.74) is 1.42. The second-order valence-electron chi connectivity index (χ2n) is 4.90. The van der Waals surface area contributed by atoms with Crippen molar-refractivity contribution in [3.8, 4) is 11.5 Å². The van der Waals surface area contributed by atoms with E-state index in [2.05, 4.69) is 20.5 Å². The number of rotatable bonds is 4. The molecular formula is C16H11FN4O2. The van der Waals surface area contributed by atoms with Gasteiger partial charge in [-0.1, -0.05) is 5.10 Å². The number of halogens is 1. The Morgan fingerprint density at radius 2 is 1.87 bits per heavy atom. The Hall–Kier alpha value is -3.22. The first-order chi connectivity index (χ1) is 11.3. The van der Waals surface area contributed by atoms with Crippen molar-refractivity contribution in [3.05, 3.63) is 60.4 Å². The van der Waals surface area contributed by atoms with E-state index < -0.39 is 0 Å². The number of aromatic nitrogens is 3. The summed E-state index contributed by atoms with van der Waals surface area (Å²) in [5.74, 6) is 0.757. The molecule has 7 heteroatoms. The lowest BCUT2D eigenvalue weighted by Crippen LogP contribution is -1.97. The third-order valence-corrected chi connectivity index (χ3v) is 3.30. The molecular weight excluding hydrogens is 299 g/mol. The molecule has 0 aliphatic rings. The molecule has 0 atom stereocenters. The molecule has 1 N–H and O–H groups in total. The lowest BCUT2D eigenvalue weighted by atomic mass is 10.2. The van der Waals surface area contributed by atoms with Crippen molar-refractivity contribution in [1.82, 2.24) is 15.2 Å². The number of hydrogen-bond donors (Lipinski definition) is 1. The number of fused-ring (bicyclic) bond motifs is 1. The summed E-state index contributed by atoms with van der Waals surface area (Å²) in [7, 11) is 0. The molecule has 4 aromatic rings. The predicted molar refractivity (Wildman–Crippen MR) is 81.0 cm³/mol. The third-order valence-electron chi connectivity index (χ3n) is 3.30. The molecule has 0 amide bonds. The molecule has 4 rings (SSSR count). The van der Waals surface area contributed by atoms with Gasteiger partial charge < -0.3 is 14.2 Å². The molecule has 0 saturated carbocycles. The molecule has 0 saturated heterocycles. The van der Waals surface area contributed by atoms with Gasteiger partial charge in [0.15, 0.2) is 0 Å². The van der Waals surface area contributed by atoms with Crippen LogP contribution in [0.1, 0.15) is 5.76 Å². The van der Waals surface area contributed by atoms with Gasteiger partial charge in [0.1, 0.15) is 17.2 Å². The number of benzene rings is 1. The zero-order valence-electron chi connectivity index (χ0n) is 11.9. The standard InChI is InChI=1S/C16H11FN4O2/c17-12-1-2-14-11(7-12)8-13(22-14)9-19-16-21-20-15(23-16)10-3-5-18-6-4-10/h1-8H,9H2,(H,19,21). The molecule has 1 aromatic carbocycles. The average molecular weight is 310 g/mol. The van der Waals surface area contributed by atoms with Gasteiger partial charge in [0, 0.05) is 23.3 Å². The summed E-state index contributed by atoms with van der Waals surface area (Å²) in [6.07, 6.45) is 3.31. The van der Waals surface area contributed by atoms with Gasteiger partial charge >= 0.3 is 6.01 Å². The molecule has 0 spiro atoms. The van der Waals surface area contributed by atoms with Crippen LogP contribution >= 0.6 is 0 Å². The Kier molecular flexibility index (Phi) is 3.23. The fraction of sp³-hybridized carbons (Fsp3) is 0.0625. The van der Waals surface area contributed by atoms with Gasteiger partial charge in [-0.3, -0.25) is 4.98 Å². The van der Waals surface area contributed by atoms with E-state index in [1.165, 1.54) is 12.1 Å². The highest BCUT2D eigenvalue weighted by Crippen LogP contribution is 2.22. The van der Waals surface area contributed by atoms with Crippen molar-refractivity contribution in [1.29, 1.82) is 0 Å². The maximum absolute atomic E-state index is 13.2. The van der Waals surface area contributed by atoms with Crippen molar-refractivity contribution in [2.75, 3.05) is 5.32 Å². The summed E-state index contributed by atoms with van der Waals surface area (Å²) < 4.78 is 24.3. The molecule has 6 nitrogen and oxygen atoms in total. The van der Waals surface area contributed by atoms with Crippen LogP contribution in [0.15, 0.2) is 57.6 Å². The minimum absolute atomic E-state index is 0.281. The SMILES string of the molecule is Fc1ccc2oc(CNc3nnc(-c4ccncc4)o3)cc2c1. The van der Waals surface area contributed by atoms with Gasteiger partial charge in [0.2, 0.25) is 5.89 Å². The lowest BCUT2D eigenvalue weighted by Gasteiger charge is -1.97. The lowest BCUT2D eigenvalue weighted by molar-refractivity contribution is 0.543. The normalized spacial score (nSPS) is 11.0. The maximum atomic E-state index is 13.2. The minimum Gasteiger partial charge on any atom is -0.459 e. The fourth-order valence-electron chi connectivity index (χ4n) is 2.22. The quantitative estimate of drug-likeness (QED) is 0.620. The Bertz CT molecular complexity index is 949. The van der Waals surface area contributed by atoms with Crippen LogP contribution in [0.3, 0.4) is 0 Å². The van der Waals surface area contributed by atoms with E-state index in [1.807, 2.05) is 0 Å². The highest BCUT2D eigenvalue weighted by Gasteiger charge is 2.09. The number of furan rings is 1. The first-order valence-electron chi connectivity index (χ1n) is 6.94. The van der Waals surface area contributed by atoms with E-state index >= 15 is 0 Å². The van der Waals surface area contributed by atoms with E-state index in [4.69, 9.17) is 8.83 Å². The van der Waals surface area contributed by atoms with Gasteiger partial charge in [0.05, 0.1) is 6.54 Å². The van der Waals surface area contributed by atoms with Crippen LogP contribution in [0, 0.1) is 5.82 Å². The highest BCUT2D eigenvalue weighted by atomic mass is 19.1. The molecule has 0 aliphatic heterocycles. The predicted octanol–water partition coefficient (Wildman–Crippen LogP) is 3.63. The minimum atomic E-state index is -0.295. The van der Waals surface area contributed by atoms with E-state index in [1.54, 1.807) is 36.7 Å². The number of nitrogens with one attached hydrogen (secondary N) is 1. The summed E-state index contributed by atoms with van der Waals surface area (Å²) in [6.45, 7) is 0.355. The van der Waals surface area contributed by atoms with Crippen molar-refractivity contribution >= 4 is 17.0 Å². The number of hydrogen-bond acceptors (Lipinski definition) is 6. The maximum Gasteiger partial charge on any atom is 0.316 e. The summed E-state index contributed by atoms with van der Waals surface area (Å²) in [4.78, 5) is 3.94. The van der Waals surface area contributed by atoms with Crippen molar-refractivity contribution < 1.29 is 13.2 Å². The van der Waals surface area contributed by atoms with Gasteiger partial charge in [0.25, 0.3) is 0 Å². The van der Waals surface area contributed by atoms with Gasteiger partial charge in [-0.2, -0.15) is 0 Å². The van der Waals surface area contributed by atoms with Crippen LogP contribution in [0.4, 0.5) is 10.4 Å². The van der Waals surface area contributed by atoms with E-state index in [9.17, 15) is 4.39 Å². The Morgan fingerprint density at radius 1 is 1.00 bits per heavy atom. The fourth-order valence-corrected chi connectivity index (χ4v) is 2.22. The van der Waals surface area contributed by atoms with Crippen LogP contribution in [0.2, 0.25) is 0 Å². The van der Waals surface area contributed by atoms with Gasteiger partial charge in [-0.25, -0.2) is 4.39 Å². The monoisotopic (exact) mass is 310 g/mol. The summed E-state index contributed by atoms with van der Waals surface area (Å²) in [5, 5.41) is 11.6. The Morgan fingerprint density at radius 3 is 2.74 bits per heavy atom. The van der Waals surface area contributed by atoms with Crippen molar-refractivity contribution in [2.45, 2.75) is 6.54 Å². The van der Waals surface area contributed by atoms with Crippen LogP contribution in [0.5, 0.6) is 0 Å². The van der Waals surface area contributed by atoms with Crippen LogP contribution in [-0.4, -0.2) is 15.2 Å². The molecule has 0 aliphatic carbocycles. The Balaban J connectivity index is 1.49. The van der Waals surface area contributed by atoms with Crippen molar-refractivity contribution in [3.63, 3.8) is 0 Å². The number of anilines is 1. The Labute approximate surface area is 130 Å². The third kappa shape index (κ3) is 2.76. The molecule has 0 unspecified atom stereocenters. The highest BCUT2D eigenvalue weighted by molar-refractivity contribution is 5.77. The molecule has 3 aromatic heterocycles. The van der Waals surface area contributed by atoms with E-state index in [0.29, 0.717) is 29.2 Å². The smallest absolute Gasteiger partial charge is 0.316 e. The first kappa shape index (κ1) is 13.4. The van der Waals surface area contributed by atoms with Crippen LogP contribution < -0.4 is 5.32 Å². The molecule has 23 heavy (non-hydrogen) atoms. The molecule has 3 heterocycles. The van der Waals surface area contributed by atoms with Gasteiger partial charge in [-0.15, -0.1) is 5.10 Å². The van der Waals surface area contributed by atoms with Gasteiger partial charge in [-0.05, 0) is 36.4 Å². The summed E-state index contributed by atoms with van der Waals surface area (Å²) in [6, 6.07) is 10.0. The summed E-state index contributed by atoms with van der Waals surface area (Å²) >= 11 is 0. The molecule has 0 bridgehead atoms. The number of nitrogens with zero attached hydrogens (tertiary/aromatic N) is 3. The zero-order valence-corrected chi connectivity index (χ0v) is 11.9. The molecule has 0 fully saturated rings. The largest absolute Gasteiger partial charge is 0.459 e. The van der Waals surface area contributed by atoms with E-state index in [-0.39, 0.29) is 11.8 Å². The topological polar surface area (TPSA) is 77.0 Å². The second kappa shape index (κ2) is 5.53. The molecule has 0 radical (unpaired) electrons. The molecule has 114 valence electrons.